The van der Waals surface area contributed by atoms with Gasteiger partial charge in [0.1, 0.15) is 11.5 Å². The molecule has 2 rings (SSSR count). The molecule has 1 aromatic rings. The molecule has 1 aliphatic heterocycles. The van der Waals surface area contributed by atoms with Crippen LogP contribution in [0.1, 0.15) is 5.56 Å². The fourth-order valence-corrected chi connectivity index (χ4v) is 2.67. The van der Waals surface area contributed by atoms with Crippen LogP contribution < -0.4 is 14.8 Å². The zero-order chi connectivity index (χ0) is 15.2. The van der Waals surface area contributed by atoms with E-state index >= 15 is 0 Å². The Morgan fingerprint density at radius 3 is 2.38 bits per heavy atom. The van der Waals surface area contributed by atoms with E-state index in [4.69, 9.17) is 9.47 Å². The Bertz CT molecular complexity index is 431. The Balaban J connectivity index is 1.87. The minimum atomic E-state index is 0.566. The summed E-state index contributed by atoms with van der Waals surface area (Å²) in [6.45, 7) is 5.21. The van der Waals surface area contributed by atoms with Crippen LogP contribution >= 0.6 is 0 Å². The Labute approximate surface area is 127 Å². The minimum absolute atomic E-state index is 0.566. The molecule has 1 N–H and O–H groups in total. The van der Waals surface area contributed by atoms with E-state index in [1.54, 1.807) is 14.2 Å². The van der Waals surface area contributed by atoms with Gasteiger partial charge < -0.3 is 19.7 Å². The maximum absolute atomic E-state index is 5.30. The highest BCUT2D eigenvalue weighted by Crippen LogP contribution is 2.22. The van der Waals surface area contributed by atoms with Crippen molar-refractivity contribution in [3.63, 3.8) is 0 Å². The second-order valence-electron chi connectivity index (χ2n) is 5.75. The molecule has 1 saturated heterocycles. The average molecular weight is 293 g/mol. The van der Waals surface area contributed by atoms with Crippen LogP contribution in [0.15, 0.2) is 18.2 Å². The minimum Gasteiger partial charge on any atom is -0.497 e. The molecule has 1 unspecified atom stereocenters. The van der Waals surface area contributed by atoms with Gasteiger partial charge in [-0.25, -0.2) is 0 Å². The summed E-state index contributed by atoms with van der Waals surface area (Å²) >= 11 is 0. The summed E-state index contributed by atoms with van der Waals surface area (Å²) in [5.74, 6) is 1.67. The Morgan fingerprint density at radius 2 is 1.76 bits per heavy atom. The number of hydrogen-bond acceptors (Lipinski definition) is 5. The number of piperazine rings is 1. The molecule has 1 heterocycles. The molecule has 5 nitrogen and oxygen atoms in total. The lowest BCUT2D eigenvalue weighted by Crippen LogP contribution is -2.53. The zero-order valence-corrected chi connectivity index (χ0v) is 13.6. The third kappa shape index (κ3) is 4.59. The van der Waals surface area contributed by atoms with Crippen molar-refractivity contribution in [3.8, 4) is 11.5 Å². The van der Waals surface area contributed by atoms with Crippen molar-refractivity contribution in [1.29, 1.82) is 0 Å². The molecule has 0 aliphatic carbocycles. The van der Waals surface area contributed by atoms with Crippen molar-refractivity contribution < 1.29 is 9.47 Å². The van der Waals surface area contributed by atoms with Gasteiger partial charge >= 0.3 is 0 Å². The molecular formula is C16H27N3O2. The summed E-state index contributed by atoms with van der Waals surface area (Å²) in [6.07, 6.45) is 0. The van der Waals surface area contributed by atoms with Crippen molar-refractivity contribution >= 4 is 0 Å². The van der Waals surface area contributed by atoms with E-state index in [-0.39, 0.29) is 0 Å². The molecular weight excluding hydrogens is 266 g/mol. The predicted octanol–water partition coefficient (Wildman–Crippen LogP) is 1.04. The van der Waals surface area contributed by atoms with Crippen molar-refractivity contribution in [2.45, 2.75) is 12.6 Å². The van der Waals surface area contributed by atoms with Crippen LogP contribution in [-0.2, 0) is 6.54 Å². The van der Waals surface area contributed by atoms with E-state index in [1.807, 2.05) is 18.2 Å². The largest absolute Gasteiger partial charge is 0.497 e. The lowest BCUT2D eigenvalue weighted by atomic mass is 10.1. The van der Waals surface area contributed by atoms with Crippen molar-refractivity contribution in [3.05, 3.63) is 23.8 Å². The van der Waals surface area contributed by atoms with Gasteiger partial charge in [0.05, 0.1) is 14.2 Å². The molecule has 118 valence electrons. The van der Waals surface area contributed by atoms with E-state index in [0.717, 1.165) is 44.2 Å². The van der Waals surface area contributed by atoms with Crippen molar-refractivity contribution in [2.24, 2.45) is 0 Å². The molecule has 0 aromatic heterocycles. The Kier molecular flexibility index (Phi) is 5.85. The number of hydrogen-bond donors (Lipinski definition) is 1. The van der Waals surface area contributed by atoms with Gasteiger partial charge in [0.2, 0.25) is 0 Å². The Hall–Kier alpha value is -1.30. The number of rotatable bonds is 6. The van der Waals surface area contributed by atoms with Crippen LogP contribution in [0.3, 0.4) is 0 Å². The van der Waals surface area contributed by atoms with Gasteiger partial charge in [-0.1, -0.05) is 0 Å². The maximum atomic E-state index is 5.30. The van der Waals surface area contributed by atoms with E-state index < -0.39 is 0 Å². The number of methoxy groups -OCH3 is 2. The van der Waals surface area contributed by atoms with Gasteiger partial charge in [0, 0.05) is 44.8 Å². The SMILES string of the molecule is COc1cc(CNCC2CN(C)CCN2C)cc(OC)c1. The van der Waals surface area contributed by atoms with E-state index in [9.17, 15) is 0 Å². The first-order valence-corrected chi connectivity index (χ1v) is 7.44. The number of nitrogens with one attached hydrogen (secondary N) is 1. The number of ether oxygens (including phenoxy) is 2. The molecule has 21 heavy (non-hydrogen) atoms. The summed E-state index contributed by atoms with van der Waals surface area (Å²) in [5, 5.41) is 3.55. The second kappa shape index (κ2) is 7.64. The predicted molar refractivity (Wildman–Crippen MR) is 85.2 cm³/mol. The summed E-state index contributed by atoms with van der Waals surface area (Å²) in [5.41, 5.74) is 1.18. The van der Waals surface area contributed by atoms with Gasteiger partial charge in [-0.15, -0.1) is 0 Å². The second-order valence-corrected chi connectivity index (χ2v) is 5.75. The third-order valence-corrected chi connectivity index (χ3v) is 4.10. The highest BCUT2D eigenvalue weighted by Gasteiger charge is 2.21. The molecule has 0 amide bonds. The molecule has 1 aromatic carbocycles. The molecule has 5 heteroatoms. The molecule has 1 fully saturated rings. The summed E-state index contributed by atoms with van der Waals surface area (Å²) in [6, 6.07) is 6.56. The number of nitrogens with zero attached hydrogens (tertiary/aromatic N) is 2. The van der Waals surface area contributed by atoms with Crippen LogP contribution in [-0.4, -0.2) is 70.3 Å². The van der Waals surface area contributed by atoms with Crippen LogP contribution in [0.5, 0.6) is 11.5 Å². The molecule has 0 bridgehead atoms. The topological polar surface area (TPSA) is 37.0 Å². The molecule has 0 radical (unpaired) electrons. The zero-order valence-electron chi connectivity index (χ0n) is 13.6. The van der Waals surface area contributed by atoms with Gasteiger partial charge in [0.25, 0.3) is 0 Å². The van der Waals surface area contributed by atoms with Crippen LogP contribution in [0.4, 0.5) is 0 Å². The average Bonchev–Trinajstić information content (AvgIpc) is 2.50. The normalized spacial score (nSPS) is 20.5. The van der Waals surface area contributed by atoms with E-state index in [0.29, 0.717) is 6.04 Å². The smallest absolute Gasteiger partial charge is 0.122 e. The third-order valence-electron chi connectivity index (χ3n) is 4.10. The van der Waals surface area contributed by atoms with Gasteiger partial charge in [-0.2, -0.15) is 0 Å². The van der Waals surface area contributed by atoms with Crippen molar-refractivity contribution in [2.75, 3.05) is 54.5 Å². The standard InChI is InChI=1S/C16H27N3O2/c1-18-5-6-19(2)14(12-18)11-17-10-13-7-15(20-3)9-16(8-13)21-4/h7-9,14,17H,5-6,10-12H2,1-4H3. The number of likely N-dealkylation sites (N-methyl/N-ethyl adjacent to an activating group) is 2. The molecule has 1 atom stereocenters. The van der Waals surface area contributed by atoms with Gasteiger partial charge in [0.15, 0.2) is 0 Å². The highest BCUT2D eigenvalue weighted by atomic mass is 16.5. The monoisotopic (exact) mass is 293 g/mol. The first-order chi connectivity index (χ1) is 10.1. The first kappa shape index (κ1) is 16.1. The first-order valence-electron chi connectivity index (χ1n) is 7.44. The Morgan fingerprint density at radius 1 is 1.10 bits per heavy atom. The number of benzene rings is 1. The summed E-state index contributed by atoms with van der Waals surface area (Å²) in [4.78, 5) is 4.82. The fraction of sp³-hybridized carbons (Fsp3) is 0.625. The van der Waals surface area contributed by atoms with Crippen LogP contribution in [0, 0.1) is 0 Å². The molecule has 0 spiro atoms. The molecule has 1 aliphatic rings. The lowest BCUT2D eigenvalue weighted by Gasteiger charge is -2.37. The van der Waals surface area contributed by atoms with Gasteiger partial charge in [-0.3, -0.25) is 4.90 Å². The van der Waals surface area contributed by atoms with E-state index in [2.05, 4.69) is 29.2 Å². The van der Waals surface area contributed by atoms with E-state index in [1.165, 1.54) is 5.56 Å². The van der Waals surface area contributed by atoms with Crippen molar-refractivity contribution in [1.82, 2.24) is 15.1 Å². The van der Waals surface area contributed by atoms with Gasteiger partial charge in [-0.05, 0) is 31.8 Å². The summed E-state index contributed by atoms with van der Waals surface area (Å²) < 4.78 is 10.6. The quantitative estimate of drug-likeness (QED) is 0.848. The summed E-state index contributed by atoms with van der Waals surface area (Å²) in [7, 11) is 7.75. The van der Waals surface area contributed by atoms with Crippen LogP contribution in [0.25, 0.3) is 0 Å². The maximum Gasteiger partial charge on any atom is 0.122 e. The highest BCUT2D eigenvalue weighted by molar-refractivity contribution is 5.38. The fourth-order valence-electron chi connectivity index (χ4n) is 2.67. The van der Waals surface area contributed by atoms with Crippen LogP contribution in [0.2, 0.25) is 0 Å². The lowest BCUT2D eigenvalue weighted by molar-refractivity contribution is 0.113. The molecule has 0 saturated carbocycles.